The Bertz CT molecular complexity index is 941. The van der Waals surface area contributed by atoms with Crippen LogP contribution in [0.1, 0.15) is 19.6 Å². The van der Waals surface area contributed by atoms with Crippen LogP contribution in [-0.4, -0.2) is 47.0 Å². The van der Waals surface area contributed by atoms with Crippen molar-refractivity contribution >= 4 is 28.5 Å². The van der Waals surface area contributed by atoms with Gasteiger partial charge in [-0.3, -0.25) is 4.79 Å². The second-order valence-corrected chi connectivity index (χ2v) is 7.20. The Balaban J connectivity index is 2.30. The summed E-state index contributed by atoms with van der Waals surface area (Å²) in [5.74, 6) is -0.757. The quantitative estimate of drug-likeness (QED) is 0.357. The summed E-state index contributed by atoms with van der Waals surface area (Å²) >= 11 is 1.04. The van der Waals surface area contributed by atoms with Crippen LogP contribution in [0.15, 0.2) is 51.0 Å². The van der Waals surface area contributed by atoms with E-state index in [1.165, 1.54) is 18.2 Å². The molecule has 2 rings (SSSR count). The first kappa shape index (κ1) is 23.5. The minimum absolute atomic E-state index is 0.136. The zero-order valence-electron chi connectivity index (χ0n) is 16.4. The number of alkyl halides is 3. The van der Waals surface area contributed by atoms with Gasteiger partial charge in [0.25, 0.3) is 0 Å². The van der Waals surface area contributed by atoms with Crippen molar-refractivity contribution < 1.29 is 32.2 Å². The number of aliphatic carboxylic acids is 1. The van der Waals surface area contributed by atoms with Gasteiger partial charge in [-0.2, -0.15) is 0 Å². The van der Waals surface area contributed by atoms with Crippen LogP contribution < -0.4 is 10.1 Å². The molecule has 0 aliphatic carbocycles. The number of carbonyl (C=O) groups is 1. The van der Waals surface area contributed by atoms with Gasteiger partial charge in [0.05, 0.1) is 16.8 Å². The van der Waals surface area contributed by atoms with E-state index < -0.39 is 12.3 Å². The van der Waals surface area contributed by atoms with E-state index in [1.807, 2.05) is 6.92 Å². The summed E-state index contributed by atoms with van der Waals surface area (Å²) in [6.07, 6.45) is -4.79. The molecule has 0 amide bonds. The van der Waals surface area contributed by atoms with Crippen LogP contribution in [0.3, 0.4) is 0 Å². The maximum Gasteiger partial charge on any atom is 0.573 e. The fourth-order valence-electron chi connectivity index (χ4n) is 2.28. The first-order chi connectivity index (χ1) is 14.1. The number of nitrogens with zero attached hydrogens (tertiary/aromatic N) is 2. The predicted molar refractivity (Wildman–Crippen MR) is 109 cm³/mol. The summed E-state index contributed by atoms with van der Waals surface area (Å²) in [4.78, 5) is 10.6. The number of likely N-dealkylation sites (N-methyl/N-ethyl adjacent to an activating group) is 1. The van der Waals surface area contributed by atoms with Crippen LogP contribution in [0.25, 0.3) is 11.3 Å². The van der Waals surface area contributed by atoms with Gasteiger partial charge in [0.2, 0.25) is 0 Å². The van der Waals surface area contributed by atoms with Crippen molar-refractivity contribution in [2.24, 2.45) is 10.2 Å². The number of benzene rings is 1. The largest absolute Gasteiger partial charge is 0.573 e. The molecule has 162 valence electrons. The zero-order chi connectivity index (χ0) is 22.3. The van der Waals surface area contributed by atoms with Crippen LogP contribution in [0.5, 0.6) is 5.75 Å². The van der Waals surface area contributed by atoms with E-state index >= 15 is 0 Å². The standard InChI is InChI=1S/C19H20F3N3O4S/c1-11(23-3)18(25-24-12(2)30-10-17(26)27)16-8-7-15(28-16)13-5-4-6-14(9-13)29-19(20,21)22/h4-9,11,23H,10H2,1-3H3,(H,26,27). The Kier molecular flexibility index (Phi) is 8.07. The van der Waals surface area contributed by atoms with Crippen molar-refractivity contribution in [3.63, 3.8) is 0 Å². The van der Waals surface area contributed by atoms with Gasteiger partial charge in [-0.25, -0.2) is 0 Å². The van der Waals surface area contributed by atoms with Crippen LogP contribution in [0.4, 0.5) is 13.2 Å². The van der Waals surface area contributed by atoms with Crippen molar-refractivity contribution in [3.05, 3.63) is 42.2 Å². The molecule has 0 saturated carbocycles. The lowest BCUT2D eigenvalue weighted by Crippen LogP contribution is -2.31. The normalized spacial score (nSPS) is 13.9. The highest BCUT2D eigenvalue weighted by Gasteiger charge is 2.31. The number of halogens is 3. The highest BCUT2D eigenvalue weighted by molar-refractivity contribution is 8.14. The van der Waals surface area contributed by atoms with E-state index in [1.54, 1.807) is 32.2 Å². The molecule has 0 radical (unpaired) electrons. The van der Waals surface area contributed by atoms with E-state index in [0.29, 0.717) is 27.8 Å². The fraction of sp³-hybridized carbons (Fsp3) is 0.316. The second-order valence-electron chi connectivity index (χ2n) is 6.04. The van der Waals surface area contributed by atoms with Crippen molar-refractivity contribution in [1.82, 2.24) is 5.32 Å². The zero-order valence-corrected chi connectivity index (χ0v) is 17.2. The molecule has 2 N–H and O–H groups in total. The number of furan rings is 1. The minimum Gasteiger partial charge on any atom is -0.481 e. The van der Waals surface area contributed by atoms with E-state index in [9.17, 15) is 18.0 Å². The third-order valence-electron chi connectivity index (χ3n) is 3.76. The average Bonchev–Trinajstić information content (AvgIpc) is 3.15. The van der Waals surface area contributed by atoms with Gasteiger partial charge in [0.15, 0.2) is 5.76 Å². The van der Waals surface area contributed by atoms with Crippen molar-refractivity contribution in [2.75, 3.05) is 12.8 Å². The van der Waals surface area contributed by atoms with Crippen molar-refractivity contribution in [1.29, 1.82) is 0 Å². The number of carboxylic acid groups (broad SMARTS) is 1. The highest BCUT2D eigenvalue weighted by Crippen LogP contribution is 2.29. The molecule has 30 heavy (non-hydrogen) atoms. The lowest BCUT2D eigenvalue weighted by atomic mass is 10.1. The van der Waals surface area contributed by atoms with Gasteiger partial charge in [-0.15, -0.1) is 23.4 Å². The fourth-order valence-corrected chi connectivity index (χ4v) is 2.71. The molecular formula is C19H20F3N3O4S. The Hall–Kier alpha value is -2.79. The Morgan fingerprint density at radius 3 is 2.67 bits per heavy atom. The van der Waals surface area contributed by atoms with Gasteiger partial charge in [-0.1, -0.05) is 23.9 Å². The maximum atomic E-state index is 12.4. The van der Waals surface area contributed by atoms with Gasteiger partial charge < -0.3 is 19.6 Å². The Morgan fingerprint density at radius 2 is 2.03 bits per heavy atom. The number of hydrogen-bond acceptors (Lipinski definition) is 7. The highest BCUT2D eigenvalue weighted by atomic mass is 32.2. The summed E-state index contributed by atoms with van der Waals surface area (Å²) in [6, 6.07) is 8.42. The molecule has 1 unspecified atom stereocenters. The summed E-state index contributed by atoms with van der Waals surface area (Å²) in [5.41, 5.74) is 0.845. The minimum atomic E-state index is -4.79. The molecule has 0 bridgehead atoms. The molecule has 7 nitrogen and oxygen atoms in total. The number of rotatable bonds is 8. The van der Waals surface area contributed by atoms with Gasteiger partial charge in [-0.05, 0) is 45.2 Å². The van der Waals surface area contributed by atoms with Gasteiger partial charge >= 0.3 is 12.3 Å². The van der Waals surface area contributed by atoms with Gasteiger partial charge in [0, 0.05) is 5.56 Å². The molecule has 1 heterocycles. The Morgan fingerprint density at radius 1 is 1.30 bits per heavy atom. The number of ether oxygens (including phenoxy) is 1. The van der Waals surface area contributed by atoms with Crippen molar-refractivity contribution in [2.45, 2.75) is 26.3 Å². The molecule has 1 atom stereocenters. The lowest BCUT2D eigenvalue weighted by molar-refractivity contribution is -0.274. The first-order valence-corrected chi connectivity index (χ1v) is 9.68. The number of hydrogen-bond donors (Lipinski definition) is 2. The summed E-state index contributed by atoms with van der Waals surface area (Å²) in [7, 11) is 1.72. The smallest absolute Gasteiger partial charge is 0.481 e. The van der Waals surface area contributed by atoms with E-state index in [0.717, 1.165) is 11.8 Å². The second kappa shape index (κ2) is 10.3. The maximum absolute atomic E-state index is 12.4. The van der Waals surface area contributed by atoms with Crippen LogP contribution in [0.2, 0.25) is 0 Å². The van der Waals surface area contributed by atoms with E-state index in [2.05, 4.69) is 20.3 Å². The third kappa shape index (κ3) is 7.23. The summed E-state index contributed by atoms with van der Waals surface area (Å²) in [5, 5.41) is 20.4. The number of carboxylic acids is 1. The molecule has 0 spiro atoms. The van der Waals surface area contributed by atoms with Crippen LogP contribution >= 0.6 is 11.8 Å². The molecule has 2 aromatic rings. The average molecular weight is 443 g/mol. The van der Waals surface area contributed by atoms with E-state index in [-0.39, 0.29) is 17.5 Å². The molecule has 0 aliphatic heterocycles. The topological polar surface area (TPSA) is 96.4 Å². The predicted octanol–water partition coefficient (Wildman–Crippen LogP) is 4.39. The molecular weight excluding hydrogens is 423 g/mol. The van der Waals surface area contributed by atoms with Crippen LogP contribution in [0, 0.1) is 0 Å². The number of thioether (sulfide) groups is 1. The van der Waals surface area contributed by atoms with Crippen LogP contribution in [-0.2, 0) is 4.79 Å². The third-order valence-corrected chi connectivity index (χ3v) is 4.65. The molecule has 1 aromatic heterocycles. The first-order valence-electron chi connectivity index (χ1n) is 8.69. The lowest BCUT2D eigenvalue weighted by Gasteiger charge is -2.11. The SMILES string of the molecule is CNC(C)C(=NN=C(C)SCC(=O)O)c1ccc(-c2cccc(OC(F)(F)F)c2)o1. The molecule has 1 aromatic carbocycles. The number of nitrogens with one attached hydrogen (secondary N) is 1. The monoisotopic (exact) mass is 443 g/mol. The summed E-state index contributed by atoms with van der Waals surface area (Å²) in [6.45, 7) is 3.46. The summed E-state index contributed by atoms with van der Waals surface area (Å²) < 4.78 is 47.1. The Labute approximate surface area is 175 Å². The van der Waals surface area contributed by atoms with Gasteiger partial charge in [0.1, 0.15) is 17.2 Å². The molecule has 0 aliphatic rings. The molecule has 0 saturated heterocycles. The molecule has 0 fully saturated rings. The van der Waals surface area contributed by atoms with Crippen molar-refractivity contribution in [3.8, 4) is 17.1 Å². The van der Waals surface area contributed by atoms with E-state index in [4.69, 9.17) is 9.52 Å². The molecule has 11 heteroatoms.